The SMILES string of the molecule is CNC(CSc1ccc(F)cc1)c1cccnc1N. The van der Waals surface area contributed by atoms with Crippen molar-refractivity contribution in [2.24, 2.45) is 0 Å². The van der Waals surface area contributed by atoms with Crippen LogP contribution >= 0.6 is 11.8 Å². The molecule has 0 saturated carbocycles. The van der Waals surface area contributed by atoms with Gasteiger partial charge in [0.1, 0.15) is 11.6 Å². The molecule has 100 valence electrons. The topological polar surface area (TPSA) is 50.9 Å². The van der Waals surface area contributed by atoms with E-state index in [1.54, 1.807) is 30.1 Å². The number of rotatable bonds is 5. The number of nitrogens with two attached hydrogens (primary N) is 1. The van der Waals surface area contributed by atoms with E-state index in [0.717, 1.165) is 16.2 Å². The van der Waals surface area contributed by atoms with Gasteiger partial charge in [0.2, 0.25) is 0 Å². The first-order valence-corrected chi connectivity index (χ1v) is 6.95. The molecule has 0 aliphatic heterocycles. The van der Waals surface area contributed by atoms with Gasteiger partial charge in [0.05, 0.1) is 0 Å². The lowest BCUT2D eigenvalue weighted by molar-refractivity contribution is 0.626. The van der Waals surface area contributed by atoms with E-state index in [1.165, 1.54) is 12.1 Å². The summed E-state index contributed by atoms with van der Waals surface area (Å²) < 4.78 is 12.8. The van der Waals surface area contributed by atoms with Crippen LogP contribution in [0.2, 0.25) is 0 Å². The van der Waals surface area contributed by atoms with E-state index in [0.29, 0.717) is 5.82 Å². The third kappa shape index (κ3) is 3.68. The minimum Gasteiger partial charge on any atom is -0.383 e. The van der Waals surface area contributed by atoms with E-state index in [9.17, 15) is 4.39 Å². The molecule has 0 radical (unpaired) electrons. The highest BCUT2D eigenvalue weighted by Crippen LogP contribution is 2.26. The van der Waals surface area contributed by atoms with Crippen LogP contribution in [0.3, 0.4) is 0 Å². The van der Waals surface area contributed by atoms with Crippen LogP contribution in [0.4, 0.5) is 10.2 Å². The molecule has 19 heavy (non-hydrogen) atoms. The summed E-state index contributed by atoms with van der Waals surface area (Å²) >= 11 is 1.65. The average Bonchev–Trinajstić information content (AvgIpc) is 2.43. The zero-order chi connectivity index (χ0) is 13.7. The van der Waals surface area contributed by atoms with Gasteiger partial charge in [-0.25, -0.2) is 9.37 Å². The van der Waals surface area contributed by atoms with Crippen LogP contribution in [0.15, 0.2) is 47.5 Å². The first-order valence-electron chi connectivity index (χ1n) is 5.96. The number of hydrogen-bond donors (Lipinski definition) is 2. The third-order valence-electron chi connectivity index (χ3n) is 2.83. The Morgan fingerprint density at radius 1 is 1.32 bits per heavy atom. The molecule has 5 heteroatoms. The number of aromatic nitrogens is 1. The number of anilines is 1. The fourth-order valence-corrected chi connectivity index (χ4v) is 2.80. The average molecular weight is 277 g/mol. The van der Waals surface area contributed by atoms with Crippen molar-refractivity contribution in [3.63, 3.8) is 0 Å². The van der Waals surface area contributed by atoms with Crippen LogP contribution in [0.25, 0.3) is 0 Å². The molecule has 0 amide bonds. The van der Waals surface area contributed by atoms with Crippen LogP contribution in [-0.4, -0.2) is 17.8 Å². The van der Waals surface area contributed by atoms with Crippen LogP contribution < -0.4 is 11.1 Å². The molecule has 0 aliphatic carbocycles. The molecule has 2 aromatic rings. The number of pyridine rings is 1. The molecule has 1 unspecified atom stereocenters. The number of nitrogens with zero attached hydrogens (tertiary/aromatic N) is 1. The van der Waals surface area contributed by atoms with Gasteiger partial charge in [0.15, 0.2) is 0 Å². The Balaban J connectivity index is 2.04. The molecule has 0 spiro atoms. The lowest BCUT2D eigenvalue weighted by Gasteiger charge is -2.17. The minimum atomic E-state index is -0.217. The largest absolute Gasteiger partial charge is 0.383 e. The van der Waals surface area contributed by atoms with Gasteiger partial charge in [-0.15, -0.1) is 11.8 Å². The number of halogens is 1. The molecule has 1 aromatic carbocycles. The van der Waals surface area contributed by atoms with Crippen molar-refractivity contribution in [1.82, 2.24) is 10.3 Å². The number of benzene rings is 1. The molecule has 0 bridgehead atoms. The van der Waals surface area contributed by atoms with Gasteiger partial charge in [0.25, 0.3) is 0 Å². The molecular weight excluding hydrogens is 261 g/mol. The van der Waals surface area contributed by atoms with Crippen molar-refractivity contribution in [3.05, 3.63) is 54.0 Å². The molecule has 0 saturated heterocycles. The predicted octanol–water partition coefficient (Wildman–Crippen LogP) is 2.86. The summed E-state index contributed by atoms with van der Waals surface area (Å²) in [4.78, 5) is 5.13. The Bertz CT molecular complexity index is 530. The van der Waals surface area contributed by atoms with Gasteiger partial charge < -0.3 is 11.1 Å². The Kier molecular flexibility index (Phi) is 4.76. The molecule has 0 fully saturated rings. The molecular formula is C14H16FN3S. The van der Waals surface area contributed by atoms with Crippen LogP contribution in [0.5, 0.6) is 0 Å². The van der Waals surface area contributed by atoms with Crippen LogP contribution in [0, 0.1) is 5.82 Å². The molecule has 1 atom stereocenters. The fraction of sp³-hybridized carbons (Fsp3) is 0.214. The maximum Gasteiger partial charge on any atom is 0.128 e. The Morgan fingerprint density at radius 3 is 2.68 bits per heavy atom. The zero-order valence-corrected chi connectivity index (χ0v) is 11.5. The number of nitrogen functional groups attached to an aromatic ring is 1. The maximum atomic E-state index is 12.8. The predicted molar refractivity (Wildman–Crippen MR) is 77.6 cm³/mol. The van der Waals surface area contributed by atoms with Crippen molar-refractivity contribution >= 4 is 17.6 Å². The number of thioether (sulfide) groups is 1. The summed E-state index contributed by atoms with van der Waals surface area (Å²) in [5, 5.41) is 3.23. The molecule has 3 nitrogen and oxygen atoms in total. The van der Waals surface area contributed by atoms with Crippen LogP contribution in [0.1, 0.15) is 11.6 Å². The van der Waals surface area contributed by atoms with Crippen molar-refractivity contribution in [2.45, 2.75) is 10.9 Å². The van der Waals surface area contributed by atoms with Gasteiger partial charge in [-0.1, -0.05) is 6.07 Å². The summed E-state index contributed by atoms with van der Waals surface area (Å²) in [6.07, 6.45) is 1.68. The van der Waals surface area contributed by atoms with E-state index in [-0.39, 0.29) is 11.9 Å². The smallest absolute Gasteiger partial charge is 0.128 e. The lowest BCUT2D eigenvalue weighted by Crippen LogP contribution is -2.20. The van der Waals surface area contributed by atoms with E-state index in [2.05, 4.69) is 10.3 Å². The maximum absolute atomic E-state index is 12.8. The molecule has 1 aromatic heterocycles. The quantitative estimate of drug-likeness (QED) is 0.825. The summed E-state index contributed by atoms with van der Waals surface area (Å²) in [5.41, 5.74) is 6.86. The first-order chi connectivity index (χ1) is 9.20. The van der Waals surface area contributed by atoms with Crippen molar-refractivity contribution < 1.29 is 4.39 Å². The Labute approximate surface area is 116 Å². The number of nitrogens with one attached hydrogen (secondary N) is 1. The van der Waals surface area contributed by atoms with Crippen molar-refractivity contribution in [3.8, 4) is 0 Å². The van der Waals surface area contributed by atoms with Gasteiger partial charge in [-0.2, -0.15) is 0 Å². The molecule has 1 heterocycles. The minimum absolute atomic E-state index is 0.115. The highest BCUT2D eigenvalue weighted by Gasteiger charge is 2.13. The van der Waals surface area contributed by atoms with E-state index in [4.69, 9.17) is 5.73 Å². The van der Waals surface area contributed by atoms with E-state index < -0.39 is 0 Å². The standard InChI is InChI=1S/C14H16FN3S/c1-17-13(12-3-2-8-18-14(12)16)9-19-11-6-4-10(15)5-7-11/h2-8,13,17H,9H2,1H3,(H2,16,18). The summed E-state index contributed by atoms with van der Waals surface area (Å²) in [5.74, 6) is 1.13. The van der Waals surface area contributed by atoms with Gasteiger partial charge >= 0.3 is 0 Å². The monoisotopic (exact) mass is 277 g/mol. The second kappa shape index (κ2) is 6.54. The second-order valence-corrected chi connectivity index (χ2v) is 5.18. The van der Waals surface area contributed by atoms with Crippen LogP contribution in [-0.2, 0) is 0 Å². The normalized spacial score (nSPS) is 12.3. The first kappa shape index (κ1) is 13.8. The highest BCUT2D eigenvalue weighted by molar-refractivity contribution is 7.99. The molecule has 3 N–H and O–H groups in total. The third-order valence-corrected chi connectivity index (χ3v) is 3.93. The fourth-order valence-electron chi connectivity index (χ4n) is 1.76. The summed E-state index contributed by atoms with van der Waals surface area (Å²) in [6, 6.07) is 10.4. The summed E-state index contributed by atoms with van der Waals surface area (Å²) in [7, 11) is 1.89. The zero-order valence-electron chi connectivity index (χ0n) is 10.6. The molecule has 0 aliphatic rings. The Hall–Kier alpha value is -1.59. The second-order valence-electron chi connectivity index (χ2n) is 4.08. The number of hydrogen-bond acceptors (Lipinski definition) is 4. The van der Waals surface area contributed by atoms with Crippen molar-refractivity contribution in [2.75, 3.05) is 18.5 Å². The van der Waals surface area contributed by atoms with Gasteiger partial charge in [0, 0.05) is 28.5 Å². The lowest BCUT2D eigenvalue weighted by atomic mass is 10.1. The summed E-state index contributed by atoms with van der Waals surface area (Å²) in [6.45, 7) is 0. The highest BCUT2D eigenvalue weighted by atomic mass is 32.2. The molecule has 2 rings (SSSR count). The van der Waals surface area contributed by atoms with Gasteiger partial charge in [-0.3, -0.25) is 0 Å². The van der Waals surface area contributed by atoms with Gasteiger partial charge in [-0.05, 0) is 37.4 Å². The Morgan fingerprint density at radius 2 is 2.05 bits per heavy atom. The van der Waals surface area contributed by atoms with E-state index >= 15 is 0 Å². The van der Waals surface area contributed by atoms with E-state index in [1.807, 2.05) is 19.2 Å². The van der Waals surface area contributed by atoms with Crippen molar-refractivity contribution in [1.29, 1.82) is 0 Å².